The fourth-order valence-electron chi connectivity index (χ4n) is 8.40. The Morgan fingerprint density at radius 1 is 0.463 bits per heavy atom. The van der Waals surface area contributed by atoms with Crippen molar-refractivity contribution in [2.24, 2.45) is 5.41 Å². The summed E-state index contributed by atoms with van der Waals surface area (Å²) in [5.74, 6) is 1.00. The van der Waals surface area contributed by atoms with Gasteiger partial charge in [0, 0.05) is 11.8 Å². The minimum atomic E-state index is 0.119. The van der Waals surface area contributed by atoms with Crippen molar-refractivity contribution in [1.82, 2.24) is 0 Å². The molecule has 0 saturated carbocycles. The van der Waals surface area contributed by atoms with E-state index in [1.165, 1.54) is 103 Å². The monoisotopic (exact) mass is 552 g/mol. The number of hydrogen-bond acceptors (Lipinski definition) is 0. The van der Waals surface area contributed by atoms with E-state index in [4.69, 9.17) is 0 Å². The van der Waals surface area contributed by atoms with Gasteiger partial charge in [-0.05, 0) is 90.2 Å². The van der Waals surface area contributed by atoms with Gasteiger partial charge in [0.05, 0.1) is 0 Å². The molecule has 41 heavy (non-hydrogen) atoms. The minimum absolute atomic E-state index is 0.119. The third-order valence-corrected chi connectivity index (χ3v) is 10.3. The Hall–Kier alpha value is -2.08. The van der Waals surface area contributed by atoms with Crippen LogP contribution in [0.1, 0.15) is 178 Å². The first-order chi connectivity index (χ1) is 20.0. The second-order valence-corrected chi connectivity index (χ2v) is 13.7. The largest absolute Gasteiger partial charge is 0.0654 e. The Labute approximate surface area is 254 Å². The molecule has 2 aliphatic carbocycles. The lowest BCUT2D eigenvalue weighted by Crippen LogP contribution is -2.31. The lowest BCUT2D eigenvalue weighted by atomic mass is 9.61. The van der Waals surface area contributed by atoms with Crippen molar-refractivity contribution in [1.29, 1.82) is 0 Å². The quantitative estimate of drug-likeness (QED) is 0.161. The van der Waals surface area contributed by atoms with Crippen LogP contribution in [0, 0.1) is 5.41 Å². The van der Waals surface area contributed by atoms with E-state index in [9.17, 15) is 0 Å². The van der Waals surface area contributed by atoms with E-state index in [0.29, 0.717) is 11.8 Å². The summed E-state index contributed by atoms with van der Waals surface area (Å²) in [7, 11) is 0. The van der Waals surface area contributed by atoms with E-state index in [-0.39, 0.29) is 5.41 Å². The third-order valence-electron chi connectivity index (χ3n) is 10.3. The van der Waals surface area contributed by atoms with Crippen molar-refractivity contribution in [2.75, 3.05) is 0 Å². The van der Waals surface area contributed by atoms with Crippen LogP contribution in [-0.4, -0.2) is 0 Å². The lowest BCUT2D eigenvalue weighted by molar-refractivity contribution is 0.266. The SMILES string of the molecule is CCCCCC1=C(CCCCC)C(C(C)(C)C2C(CCCCC)=C(CCCCC)c3ccccc32)c2ccccc21. The maximum absolute atomic E-state index is 2.65. The molecular formula is C41H60. The predicted molar refractivity (Wildman–Crippen MR) is 183 cm³/mol. The summed E-state index contributed by atoms with van der Waals surface area (Å²) in [6.07, 6.45) is 20.9. The van der Waals surface area contributed by atoms with Crippen molar-refractivity contribution in [2.45, 2.75) is 156 Å². The lowest BCUT2D eigenvalue weighted by Gasteiger charge is -2.42. The first-order valence-corrected chi connectivity index (χ1v) is 17.6. The number of rotatable bonds is 18. The van der Waals surface area contributed by atoms with Crippen LogP contribution >= 0.6 is 0 Å². The Bertz CT molecular complexity index is 1080. The molecule has 224 valence electrons. The minimum Gasteiger partial charge on any atom is -0.0654 e. The Morgan fingerprint density at radius 2 is 0.805 bits per heavy atom. The van der Waals surface area contributed by atoms with Crippen LogP contribution in [0.25, 0.3) is 11.1 Å². The molecule has 0 fully saturated rings. The molecule has 0 N–H and O–H groups in total. The molecule has 2 aromatic rings. The van der Waals surface area contributed by atoms with Crippen molar-refractivity contribution in [3.05, 3.63) is 81.9 Å². The van der Waals surface area contributed by atoms with Crippen LogP contribution in [0.2, 0.25) is 0 Å². The summed E-state index contributed by atoms with van der Waals surface area (Å²) in [6, 6.07) is 19.1. The molecule has 0 bridgehead atoms. The number of hydrogen-bond donors (Lipinski definition) is 0. The zero-order valence-electron chi connectivity index (χ0n) is 27.6. The summed E-state index contributed by atoms with van der Waals surface area (Å²) in [6.45, 7) is 14.7. The number of benzene rings is 2. The van der Waals surface area contributed by atoms with Crippen LogP contribution in [0.4, 0.5) is 0 Å². The molecule has 0 heteroatoms. The molecule has 2 atom stereocenters. The Morgan fingerprint density at radius 3 is 1.17 bits per heavy atom. The molecule has 0 saturated heterocycles. The van der Waals surface area contributed by atoms with Crippen molar-refractivity contribution >= 4 is 11.1 Å². The van der Waals surface area contributed by atoms with Crippen LogP contribution in [0.5, 0.6) is 0 Å². The zero-order valence-corrected chi connectivity index (χ0v) is 27.6. The standard InChI is InChI=1S/C41H60/c1-7-11-15-23-31-33-25-19-21-29-37(33)39(35(31)27-17-13-9-3)41(5,6)40-36(28-18-14-10-4)32(24-16-12-8-2)34-26-20-22-30-38(34)40/h19-22,25-26,29-30,39-40H,7-18,23-24,27-28H2,1-6H3. The van der Waals surface area contributed by atoms with E-state index in [1.54, 1.807) is 44.5 Å². The maximum Gasteiger partial charge on any atom is 0.0120 e. The van der Waals surface area contributed by atoms with Crippen LogP contribution < -0.4 is 0 Å². The fraction of sp³-hybridized carbons (Fsp3) is 0.610. The first-order valence-electron chi connectivity index (χ1n) is 17.6. The van der Waals surface area contributed by atoms with Gasteiger partial charge in [-0.1, -0.05) is 153 Å². The highest BCUT2D eigenvalue weighted by Crippen LogP contribution is 2.63. The van der Waals surface area contributed by atoms with Gasteiger partial charge in [0.2, 0.25) is 0 Å². The van der Waals surface area contributed by atoms with Gasteiger partial charge < -0.3 is 0 Å². The summed E-state index contributed by atoms with van der Waals surface area (Å²) in [5, 5.41) is 0. The Kier molecular flexibility index (Phi) is 12.0. The summed E-state index contributed by atoms with van der Waals surface area (Å²) < 4.78 is 0. The molecule has 2 unspecified atom stereocenters. The normalized spacial score (nSPS) is 18.4. The molecule has 0 nitrogen and oxygen atoms in total. The topological polar surface area (TPSA) is 0 Å². The molecule has 0 heterocycles. The van der Waals surface area contributed by atoms with Crippen LogP contribution in [0.3, 0.4) is 0 Å². The van der Waals surface area contributed by atoms with E-state index in [2.05, 4.69) is 90.1 Å². The van der Waals surface area contributed by atoms with Crippen molar-refractivity contribution in [3.63, 3.8) is 0 Å². The molecule has 2 aliphatic rings. The number of unbranched alkanes of at least 4 members (excludes halogenated alkanes) is 8. The smallest absolute Gasteiger partial charge is 0.0120 e. The highest BCUT2D eigenvalue weighted by atomic mass is 14.5. The average molecular weight is 553 g/mol. The van der Waals surface area contributed by atoms with Gasteiger partial charge in [-0.15, -0.1) is 0 Å². The van der Waals surface area contributed by atoms with Crippen molar-refractivity contribution in [3.8, 4) is 0 Å². The number of fused-ring (bicyclic) bond motifs is 2. The molecule has 0 spiro atoms. The molecule has 4 rings (SSSR count). The van der Waals surface area contributed by atoms with E-state index in [1.807, 2.05) is 0 Å². The van der Waals surface area contributed by atoms with Gasteiger partial charge in [-0.2, -0.15) is 0 Å². The zero-order chi connectivity index (χ0) is 29.2. The van der Waals surface area contributed by atoms with Crippen LogP contribution in [0.15, 0.2) is 59.7 Å². The molecular weight excluding hydrogens is 492 g/mol. The molecule has 0 amide bonds. The average Bonchev–Trinajstić information content (AvgIpc) is 3.47. The third kappa shape index (κ3) is 6.95. The van der Waals surface area contributed by atoms with Gasteiger partial charge in [0.25, 0.3) is 0 Å². The predicted octanol–water partition coefficient (Wildman–Crippen LogP) is 13.4. The second-order valence-electron chi connectivity index (χ2n) is 13.7. The van der Waals surface area contributed by atoms with Gasteiger partial charge in [0.1, 0.15) is 0 Å². The molecule has 2 aromatic carbocycles. The first kappa shape index (κ1) is 31.8. The van der Waals surface area contributed by atoms with Gasteiger partial charge >= 0.3 is 0 Å². The number of allylic oxidation sites excluding steroid dienone is 4. The maximum atomic E-state index is 2.65. The summed E-state index contributed by atoms with van der Waals surface area (Å²) in [5.41, 5.74) is 13.6. The fourth-order valence-corrected chi connectivity index (χ4v) is 8.40. The summed E-state index contributed by atoms with van der Waals surface area (Å²) >= 11 is 0. The van der Waals surface area contributed by atoms with Gasteiger partial charge in [0.15, 0.2) is 0 Å². The van der Waals surface area contributed by atoms with Gasteiger partial charge in [-0.25, -0.2) is 0 Å². The highest BCUT2D eigenvalue weighted by Gasteiger charge is 2.48. The second kappa shape index (κ2) is 15.4. The highest BCUT2D eigenvalue weighted by molar-refractivity contribution is 5.81. The Balaban J connectivity index is 1.84. The summed E-state index contributed by atoms with van der Waals surface area (Å²) in [4.78, 5) is 0. The molecule has 0 radical (unpaired) electrons. The van der Waals surface area contributed by atoms with E-state index < -0.39 is 0 Å². The van der Waals surface area contributed by atoms with Crippen LogP contribution in [-0.2, 0) is 0 Å². The molecule has 0 aliphatic heterocycles. The van der Waals surface area contributed by atoms with E-state index in [0.717, 1.165) is 0 Å². The van der Waals surface area contributed by atoms with E-state index >= 15 is 0 Å². The van der Waals surface area contributed by atoms with Gasteiger partial charge in [-0.3, -0.25) is 0 Å². The molecule has 0 aromatic heterocycles. The van der Waals surface area contributed by atoms with Crippen molar-refractivity contribution < 1.29 is 0 Å².